The van der Waals surface area contributed by atoms with Gasteiger partial charge in [0.25, 0.3) is 5.91 Å². The summed E-state index contributed by atoms with van der Waals surface area (Å²) in [6, 6.07) is 7.48. The Hall–Kier alpha value is -0.910. The van der Waals surface area contributed by atoms with Crippen LogP contribution in [0.4, 0.5) is 0 Å². The number of hydrogen-bond acceptors (Lipinski definition) is 3. The van der Waals surface area contributed by atoms with E-state index < -0.39 is 0 Å². The highest BCUT2D eigenvalue weighted by Gasteiger charge is 2.32. The normalized spacial score (nSPS) is 17.7. The van der Waals surface area contributed by atoms with E-state index in [2.05, 4.69) is 26.6 Å². The number of nitrogens with one attached hydrogen (secondary N) is 2. The van der Waals surface area contributed by atoms with Crippen LogP contribution in [0.25, 0.3) is 0 Å². The van der Waals surface area contributed by atoms with E-state index in [9.17, 15) is 4.79 Å². The summed E-state index contributed by atoms with van der Waals surface area (Å²) in [7, 11) is 1.72. The van der Waals surface area contributed by atoms with E-state index in [4.69, 9.17) is 4.74 Å². The third-order valence-corrected chi connectivity index (χ3v) is 4.55. The molecule has 110 valence electrons. The molecule has 2 N–H and O–H groups in total. The summed E-state index contributed by atoms with van der Waals surface area (Å²) < 4.78 is 6.18. The second-order valence-corrected chi connectivity index (χ2v) is 6.20. The molecular weight excluding hydrogens is 320 g/mol. The van der Waals surface area contributed by atoms with E-state index >= 15 is 0 Å². The van der Waals surface area contributed by atoms with Gasteiger partial charge in [0.2, 0.25) is 0 Å². The van der Waals surface area contributed by atoms with Crippen molar-refractivity contribution in [1.29, 1.82) is 0 Å². The maximum absolute atomic E-state index is 12.3. The van der Waals surface area contributed by atoms with Gasteiger partial charge in [-0.2, -0.15) is 0 Å². The lowest BCUT2D eigenvalue weighted by molar-refractivity contribution is 0.0511. The van der Waals surface area contributed by atoms with E-state index in [0.29, 0.717) is 18.7 Å². The molecule has 0 unspecified atom stereocenters. The fraction of sp³-hybridized carbons (Fsp3) is 0.533. The van der Waals surface area contributed by atoms with Crippen LogP contribution in [0.15, 0.2) is 28.7 Å². The van der Waals surface area contributed by atoms with Crippen LogP contribution >= 0.6 is 15.9 Å². The Labute approximate surface area is 128 Å². The molecule has 1 aliphatic heterocycles. The van der Waals surface area contributed by atoms with Gasteiger partial charge in [0.1, 0.15) is 0 Å². The maximum Gasteiger partial charge on any atom is 0.252 e. The molecule has 4 nitrogen and oxygen atoms in total. The molecule has 0 radical (unpaired) electrons. The predicted molar refractivity (Wildman–Crippen MR) is 82.9 cm³/mol. The Kier molecular flexibility index (Phi) is 5.57. The summed E-state index contributed by atoms with van der Waals surface area (Å²) in [5.41, 5.74) is 0.727. The maximum atomic E-state index is 12.3. The van der Waals surface area contributed by atoms with Gasteiger partial charge < -0.3 is 15.4 Å². The van der Waals surface area contributed by atoms with Crippen LogP contribution in [0.5, 0.6) is 0 Å². The number of carbonyl (C=O) groups excluding carboxylic acids is 1. The molecule has 0 aromatic heterocycles. The molecule has 0 bridgehead atoms. The summed E-state index contributed by atoms with van der Waals surface area (Å²) >= 11 is 3.41. The second kappa shape index (κ2) is 7.20. The quantitative estimate of drug-likeness (QED) is 0.863. The van der Waals surface area contributed by atoms with Gasteiger partial charge in [0, 0.05) is 23.5 Å². The topological polar surface area (TPSA) is 50.4 Å². The molecule has 1 aromatic rings. The fourth-order valence-corrected chi connectivity index (χ4v) is 3.11. The van der Waals surface area contributed by atoms with Crippen molar-refractivity contribution < 1.29 is 9.53 Å². The Morgan fingerprint density at radius 3 is 2.75 bits per heavy atom. The third kappa shape index (κ3) is 3.81. The average molecular weight is 341 g/mol. The molecule has 1 saturated heterocycles. The number of halogens is 1. The molecule has 1 aromatic carbocycles. The van der Waals surface area contributed by atoms with Crippen LogP contribution in [-0.4, -0.2) is 39.3 Å². The van der Waals surface area contributed by atoms with Crippen LogP contribution in [0, 0.1) is 5.41 Å². The molecule has 0 saturated carbocycles. The van der Waals surface area contributed by atoms with Gasteiger partial charge in [-0.1, -0.05) is 12.1 Å². The van der Waals surface area contributed by atoms with E-state index in [-0.39, 0.29) is 11.3 Å². The summed E-state index contributed by atoms with van der Waals surface area (Å²) in [5, 5.41) is 6.41. The number of piperidine rings is 1. The summed E-state index contributed by atoms with van der Waals surface area (Å²) in [6.45, 7) is 3.30. The first-order valence-electron chi connectivity index (χ1n) is 6.89. The van der Waals surface area contributed by atoms with Crippen LogP contribution in [0.2, 0.25) is 0 Å². The van der Waals surface area contributed by atoms with Crippen LogP contribution < -0.4 is 10.6 Å². The van der Waals surface area contributed by atoms with Crippen molar-refractivity contribution in [1.82, 2.24) is 10.6 Å². The highest BCUT2D eigenvalue weighted by Crippen LogP contribution is 2.28. The zero-order valence-electron chi connectivity index (χ0n) is 11.7. The lowest BCUT2D eigenvalue weighted by Crippen LogP contribution is -2.47. The molecule has 0 aliphatic carbocycles. The molecule has 0 spiro atoms. The molecule has 2 rings (SSSR count). The molecular formula is C15H21BrN2O2. The number of benzene rings is 1. The second-order valence-electron chi connectivity index (χ2n) is 5.35. The lowest BCUT2D eigenvalue weighted by atomic mass is 9.79. The highest BCUT2D eigenvalue weighted by molar-refractivity contribution is 9.10. The van der Waals surface area contributed by atoms with Gasteiger partial charge in [-0.05, 0) is 54.0 Å². The monoisotopic (exact) mass is 340 g/mol. The zero-order chi connectivity index (χ0) is 14.4. The summed E-state index contributed by atoms with van der Waals surface area (Å²) in [6.07, 6.45) is 2.05. The number of hydrogen-bond donors (Lipinski definition) is 2. The smallest absolute Gasteiger partial charge is 0.252 e. The molecule has 1 heterocycles. The Morgan fingerprint density at radius 1 is 1.40 bits per heavy atom. The Morgan fingerprint density at radius 2 is 2.10 bits per heavy atom. The minimum absolute atomic E-state index is 0.0357. The van der Waals surface area contributed by atoms with Gasteiger partial charge in [0.15, 0.2) is 0 Å². The molecule has 20 heavy (non-hydrogen) atoms. The lowest BCUT2D eigenvalue weighted by Gasteiger charge is -2.37. The molecule has 1 amide bonds. The third-order valence-electron chi connectivity index (χ3n) is 3.86. The number of rotatable bonds is 5. The van der Waals surface area contributed by atoms with Gasteiger partial charge in [-0.25, -0.2) is 0 Å². The summed E-state index contributed by atoms with van der Waals surface area (Å²) in [4.78, 5) is 12.3. The van der Waals surface area contributed by atoms with Gasteiger partial charge in [-0.3, -0.25) is 4.79 Å². The van der Waals surface area contributed by atoms with Gasteiger partial charge in [-0.15, -0.1) is 0 Å². The molecule has 5 heteroatoms. The fourth-order valence-electron chi connectivity index (χ4n) is 2.64. The van der Waals surface area contributed by atoms with Crippen molar-refractivity contribution in [3.05, 3.63) is 34.3 Å². The van der Waals surface area contributed by atoms with Gasteiger partial charge in [0.05, 0.1) is 12.2 Å². The van der Waals surface area contributed by atoms with E-state index in [1.807, 2.05) is 24.3 Å². The molecule has 1 fully saturated rings. The van der Waals surface area contributed by atoms with Crippen LogP contribution in [-0.2, 0) is 4.74 Å². The zero-order valence-corrected chi connectivity index (χ0v) is 13.3. The van der Waals surface area contributed by atoms with Gasteiger partial charge >= 0.3 is 0 Å². The number of carbonyl (C=O) groups is 1. The number of amides is 1. The van der Waals surface area contributed by atoms with E-state index in [1.165, 1.54) is 0 Å². The van der Waals surface area contributed by atoms with Crippen LogP contribution in [0.1, 0.15) is 23.2 Å². The average Bonchev–Trinajstić information content (AvgIpc) is 2.47. The number of ether oxygens (including phenoxy) is 1. The number of methoxy groups -OCH3 is 1. The Balaban J connectivity index is 1.99. The van der Waals surface area contributed by atoms with Crippen molar-refractivity contribution in [2.24, 2.45) is 5.41 Å². The molecule has 0 atom stereocenters. The first-order valence-corrected chi connectivity index (χ1v) is 7.69. The van der Waals surface area contributed by atoms with E-state index in [0.717, 1.165) is 30.4 Å². The highest BCUT2D eigenvalue weighted by atomic mass is 79.9. The largest absolute Gasteiger partial charge is 0.384 e. The van der Waals surface area contributed by atoms with E-state index in [1.54, 1.807) is 7.11 Å². The first kappa shape index (κ1) is 15.5. The minimum atomic E-state index is -0.0357. The minimum Gasteiger partial charge on any atom is -0.384 e. The van der Waals surface area contributed by atoms with Crippen LogP contribution in [0.3, 0.4) is 0 Å². The van der Waals surface area contributed by atoms with Crippen molar-refractivity contribution >= 4 is 21.8 Å². The predicted octanol–water partition coefficient (Wildman–Crippen LogP) is 2.20. The Bertz CT molecular complexity index is 453. The standard InChI is InChI=1S/C15H21BrN2O2/c1-20-11-15(6-8-17-9-7-15)10-18-14(19)12-4-2-3-5-13(12)16/h2-5,17H,6-11H2,1H3,(H,18,19). The van der Waals surface area contributed by atoms with Crippen molar-refractivity contribution in [3.8, 4) is 0 Å². The first-order chi connectivity index (χ1) is 9.67. The SMILES string of the molecule is COCC1(CNC(=O)c2ccccc2Br)CCNCC1. The van der Waals surface area contributed by atoms with Crippen molar-refractivity contribution in [2.75, 3.05) is 33.4 Å². The van der Waals surface area contributed by atoms with Crippen molar-refractivity contribution in [2.45, 2.75) is 12.8 Å². The molecule has 1 aliphatic rings. The van der Waals surface area contributed by atoms with Crippen molar-refractivity contribution in [3.63, 3.8) is 0 Å². The summed E-state index contributed by atoms with van der Waals surface area (Å²) in [5.74, 6) is -0.0357.